The lowest BCUT2D eigenvalue weighted by atomic mass is 9.64. The summed E-state index contributed by atoms with van der Waals surface area (Å²) in [6.07, 6.45) is -2.50. The molecule has 2 saturated heterocycles. The van der Waals surface area contributed by atoms with Crippen LogP contribution in [-0.2, 0) is 24.4 Å². The highest BCUT2D eigenvalue weighted by Crippen LogP contribution is 2.67. The van der Waals surface area contributed by atoms with Gasteiger partial charge in [0.2, 0.25) is 6.17 Å². The van der Waals surface area contributed by atoms with Gasteiger partial charge in [-0.15, -0.1) is 0 Å². The minimum atomic E-state index is -5.94. The zero-order valence-electron chi connectivity index (χ0n) is 12.2. The molecule has 0 amide bonds. The number of hydrogen-bond donors (Lipinski definition) is 1. The molecule has 3 atom stereocenters. The predicted octanol–water partition coefficient (Wildman–Crippen LogP) is 1.70. The fourth-order valence-electron chi connectivity index (χ4n) is 3.09. The highest BCUT2D eigenvalue weighted by atomic mass is 32.2. The molecule has 0 aromatic rings. The number of esters is 1. The van der Waals surface area contributed by atoms with E-state index in [1.807, 2.05) is 0 Å². The van der Waals surface area contributed by atoms with E-state index < -0.39 is 50.7 Å². The molecule has 2 bridgehead atoms. The molecule has 128 valence electrons. The zero-order valence-corrected chi connectivity index (χ0v) is 13.0. The normalized spacial score (nSPS) is 34.9. The molecule has 3 fully saturated rings. The van der Waals surface area contributed by atoms with E-state index in [4.69, 9.17) is 9.29 Å². The summed E-state index contributed by atoms with van der Waals surface area (Å²) in [6.45, 7) is 3.81. The molecule has 10 heteroatoms. The molecular formula is C12H17F3O6S. The average molecular weight is 346 g/mol. The smallest absolute Gasteiger partial charge is 0.403 e. The van der Waals surface area contributed by atoms with Crippen LogP contribution in [0.25, 0.3) is 0 Å². The summed E-state index contributed by atoms with van der Waals surface area (Å²) >= 11 is 0. The molecule has 0 aromatic heterocycles. The molecule has 1 aliphatic carbocycles. The number of rotatable bonds is 5. The Morgan fingerprint density at radius 1 is 1.36 bits per heavy atom. The van der Waals surface area contributed by atoms with Crippen LogP contribution < -0.4 is 0 Å². The van der Waals surface area contributed by atoms with Crippen molar-refractivity contribution in [3.8, 4) is 0 Å². The van der Waals surface area contributed by atoms with E-state index in [0.29, 0.717) is 12.8 Å². The van der Waals surface area contributed by atoms with Gasteiger partial charge < -0.3 is 9.47 Å². The first-order chi connectivity index (χ1) is 9.71. The number of carbonyl (C=O) groups is 1. The number of hydrogen-bond acceptors (Lipinski definition) is 5. The Balaban J connectivity index is 2.04. The van der Waals surface area contributed by atoms with Gasteiger partial charge in [0, 0.05) is 5.41 Å². The highest BCUT2D eigenvalue weighted by Gasteiger charge is 2.77. The maximum Gasteiger partial charge on any atom is 0.403 e. The van der Waals surface area contributed by atoms with Crippen molar-refractivity contribution >= 4 is 16.1 Å². The first-order valence-corrected chi connectivity index (χ1v) is 8.02. The van der Waals surface area contributed by atoms with Gasteiger partial charge in [0.1, 0.15) is 6.61 Å². The van der Waals surface area contributed by atoms with Crippen LogP contribution in [0.4, 0.5) is 13.2 Å². The van der Waals surface area contributed by atoms with Gasteiger partial charge in [-0.05, 0) is 19.8 Å². The van der Waals surface area contributed by atoms with Crippen LogP contribution in [0, 0.1) is 5.41 Å². The number of alkyl halides is 3. The third-order valence-electron chi connectivity index (χ3n) is 5.08. The maximum absolute atomic E-state index is 13.3. The van der Waals surface area contributed by atoms with Crippen molar-refractivity contribution in [2.24, 2.45) is 5.41 Å². The summed E-state index contributed by atoms with van der Waals surface area (Å²) in [5.74, 6) is -1.01. The van der Waals surface area contributed by atoms with Crippen LogP contribution in [0.2, 0.25) is 0 Å². The molecule has 22 heavy (non-hydrogen) atoms. The lowest BCUT2D eigenvalue weighted by molar-refractivity contribution is -0.310. The fourth-order valence-corrected chi connectivity index (χ4v) is 3.48. The van der Waals surface area contributed by atoms with Crippen molar-refractivity contribution in [2.45, 2.75) is 56.2 Å². The highest BCUT2D eigenvalue weighted by molar-refractivity contribution is 7.86. The first-order valence-electron chi connectivity index (χ1n) is 6.58. The van der Waals surface area contributed by atoms with E-state index in [9.17, 15) is 26.4 Å². The van der Waals surface area contributed by atoms with Gasteiger partial charge in [0.25, 0.3) is 0 Å². The van der Waals surface area contributed by atoms with Crippen LogP contribution in [0.15, 0.2) is 0 Å². The summed E-state index contributed by atoms with van der Waals surface area (Å²) in [5.41, 5.74) is -2.50. The Kier molecular flexibility index (Phi) is 3.64. The van der Waals surface area contributed by atoms with Crippen LogP contribution in [0.1, 0.15) is 33.6 Å². The molecule has 2 heterocycles. The third-order valence-corrected chi connectivity index (χ3v) is 6.03. The second-order valence-corrected chi connectivity index (χ2v) is 7.88. The van der Waals surface area contributed by atoms with E-state index in [2.05, 4.69) is 4.74 Å². The van der Waals surface area contributed by atoms with E-state index >= 15 is 0 Å². The monoisotopic (exact) mass is 346 g/mol. The molecular weight excluding hydrogens is 329 g/mol. The number of ether oxygens (including phenoxy) is 2. The average Bonchev–Trinajstić information content (AvgIpc) is 2.84. The molecule has 1 saturated carbocycles. The molecule has 1 N–H and O–H groups in total. The minimum absolute atomic E-state index is 0.307. The van der Waals surface area contributed by atoms with Crippen molar-refractivity contribution in [3.05, 3.63) is 0 Å². The van der Waals surface area contributed by atoms with Gasteiger partial charge in [0.15, 0.2) is 5.60 Å². The molecule has 0 aromatic carbocycles. The zero-order chi connectivity index (χ0) is 17.2. The summed E-state index contributed by atoms with van der Waals surface area (Å²) in [5, 5.41) is -5.05. The van der Waals surface area contributed by atoms with E-state index in [0.717, 1.165) is 0 Å². The van der Waals surface area contributed by atoms with Gasteiger partial charge in [-0.2, -0.15) is 17.2 Å². The number of halogens is 3. The topological polar surface area (TPSA) is 89.9 Å². The Labute approximate surface area is 125 Å². The molecule has 6 nitrogen and oxygen atoms in total. The van der Waals surface area contributed by atoms with E-state index in [-0.39, 0.29) is 0 Å². The van der Waals surface area contributed by atoms with Gasteiger partial charge >= 0.3 is 21.3 Å². The van der Waals surface area contributed by atoms with E-state index in [1.165, 1.54) is 0 Å². The largest absolute Gasteiger partial charge is 0.460 e. The molecule has 2 aliphatic heterocycles. The summed E-state index contributed by atoms with van der Waals surface area (Å²) in [6, 6.07) is 0. The van der Waals surface area contributed by atoms with Gasteiger partial charge in [0.05, 0.1) is 5.60 Å². The third kappa shape index (κ3) is 2.00. The summed E-state index contributed by atoms with van der Waals surface area (Å²) < 4.78 is 78.5. The van der Waals surface area contributed by atoms with Crippen LogP contribution in [-0.4, -0.2) is 48.2 Å². The predicted molar refractivity (Wildman–Crippen MR) is 67.6 cm³/mol. The quantitative estimate of drug-likeness (QED) is 0.602. The summed E-state index contributed by atoms with van der Waals surface area (Å²) in [7, 11) is -5.94. The molecule has 3 aliphatic rings. The van der Waals surface area contributed by atoms with Crippen molar-refractivity contribution < 1.29 is 40.4 Å². The van der Waals surface area contributed by atoms with Crippen molar-refractivity contribution in [2.75, 3.05) is 6.61 Å². The summed E-state index contributed by atoms with van der Waals surface area (Å²) in [4.78, 5) is 12.1. The van der Waals surface area contributed by atoms with Crippen molar-refractivity contribution in [1.82, 2.24) is 0 Å². The molecule has 0 spiro atoms. The minimum Gasteiger partial charge on any atom is -0.460 e. The molecule has 0 radical (unpaired) electrons. The van der Waals surface area contributed by atoms with Gasteiger partial charge in [-0.1, -0.05) is 13.8 Å². The lowest BCUT2D eigenvalue weighted by Gasteiger charge is -2.58. The Morgan fingerprint density at radius 3 is 2.27 bits per heavy atom. The SMILES string of the molecule is CC12CCC(C(=O)OCC(F)C(F)(F)S(=O)(=O)O)(O1)C2(C)C. The number of carbonyl (C=O) groups excluding carboxylic acids is 1. The first kappa shape index (κ1) is 17.5. The van der Waals surface area contributed by atoms with Gasteiger partial charge in [-0.3, -0.25) is 4.55 Å². The van der Waals surface area contributed by atoms with Crippen molar-refractivity contribution in [1.29, 1.82) is 0 Å². The Hall–Kier alpha value is -0.870. The fraction of sp³-hybridized carbons (Fsp3) is 0.917. The van der Waals surface area contributed by atoms with Gasteiger partial charge in [-0.25, -0.2) is 9.18 Å². The standard InChI is InChI=1S/C12H17F3O6S/c1-9(2)10(3)4-5-11(9,21-10)8(16)20-6-7(13)12(14,15)22(17,18)19/h7H,4-6H2,1-3H3,(H,17,18,19). The van der Waals surface area contributed by atoms with Crippen LogP contribution >= 0.6 is 0 Å². The van der Waals surface area contributed by atoms with Crippen molar-refractivity contribution in [3.63, 3.8) is 0 Å². The molecule has 3 rings (SSSR count). The van der Waals surface area contributed by atoms with E-state index in [1.54, 1.807) is 20.8 Å². The maximum atomic E-state index is 13.3. The molecule has 3 unspecified atom stereocenters. The van der Waals surface area contributed by atoms with Crippen LogP contribution in [0.5, 0.6) is 0 Å². The number of fused-ring (bicyclic) bond motifs is 1. The van der Waals surface area contributed by atoms with Crippen LogP contribution in [0.3, 0.4) is 0 Å². The Bertz CT molecular complexity index is 604. The Morgan fingerprint density at radius 2 is 1.91 bits per heavy atom. The second kappa shape index (κ2) is 4.57. The second-order valence-electron chi connectivity index (χ2n) is 6.39. The lowest BCUT2D eigenvalue weighted by Crippen LogP contribution is -2.70.